The maximum absolute atomic E-state index is 12.1. The van der Waals surface area contributed by atoms with Crippen molar-refractivity contribution in [3.63, 3.8) is 0 Å². The molecule has 2 N–H and O–H groups in total. The number of pyridine rings is 1. The average Bonchev–Trinajstić information content (AvgIpc) is 2.48. The molecule has 5 heteroatoms. The van der Waals surface area contributed by atoms with Crippen molar-refractivity contribution in [2.45, 2.75) is 19.6 Å². The summed E-state index contributed by atoms with van der Waals surface area (Å²) in [7, 11) is 1.72. The molecule has 0 fully saturated rings. The summed E-state index contributed by atoms with van der Waals surface area (Å²) in [5.74, 6) is 0. The van der Waals surface area contributed by atoms with Crippen LogP contribution in [0.1, 0.15) is 24.3 Å². The van der Waals surface area contributed by atoms with Crippen molar-refractivity contribution in [2.75, 3.05) is 12.4 Å². The van der Waals surface area contributed by atoms with Crippen molar-refractivity contribution >= 4 is 11.7 Å². The molecule has 21 heavy (non-hydrogen) atoms. The summed E-state index contributed by atoms with van der Waals surface area (Å²) in [6.07, 6.45) is 1.19. The first kappa shape index (κ1) is 15.0. The number of nitrogens with one attached hydrogen (secondary N) is 1. The number of aromatic nitrogens is 1. The fraction of sp³-hybridized carbons (Fsp3) is 0.250. The summed E-state index contributed by atoms with van der Waals surface area (Å²) in [5, 5.41) is 12.3. The van der Waals surface area contributed by atoms with E-state index >= 15 is 0 Å². The van der Waals surface area contributed by atoms with Crippen LogP contribution < -0.4 is 5.32 Å². The van der Waals surface area contributed by atoms with Crippen LogP contribution in [0.2, 0.25) is 0 Å². The smallest absolute Gasteiger partial charge is 0.321 e. The van der Waals surface area contributed by atoms with E-state index in [-0.39, 0.29) is 6.03 Å². The Balaban J connectivity index is 1.94. The minimum absolute atomic E-state index is 0.203. The number of aliphatic hydroxyl groups is 1. The zero-order chi connectivity index (χ0) is 15.2. The molecular formula is C16H19N3O2. The molecule has 0 aliphatic rings. The number of benzene rings is 1. The molecule has 0 bridgehead atoms. The Labute approximate surface area is 124 Å². The summed E-state index contributed by atoms with van der Waals surface area (Å²) in [6, 6.07) is 12.5. The molecule has 0 radical (unpaired) electrons. The minimum atomic E-state index is -0.512. The molecule has 0 spiro atoms. The number of carbonyl (C=O) groups is 1. The molecule has 1 unspecified atom stereocenters. The second-order valence-corrected chi connectivity index (χ2v) is 4.91. The maximum Gasteiger partial charge on any atom is 0.321 e. The van der Waals surface area contributed by atoms with Gasteiger partial charge in [0, 0.05) is 18.9 Å². The molecule has 0 aliphatic carbocycles. The predicted molar refractivity (Wildman–Crippen MR) is 81.8 cm³/mol. The van der Waals surface area contributed by atoms with Gasteiger partial charge in [-0.05, 0) is 36.8 Å². The molecule has 1 heterocycles. The lowest BCUT2D eigenvalue weighted by atomic mass is 10.1. The van der Waals surface area contributed by atoms with E-state index in [0.29, 0.717) is 12.2 Å². The number of urea groups is 1. The molecular weight excluding hydrogens is 266 g/mol. The van der Waals surface area contributed by atoms with Crippen LogP contribution in [0.15, 0.2) is 48.7 Å². The summed E-state index contributed by atoms with van der Waals surface area (Å²) in [4.78, 5) is 17.8. The third-order valence-electron chi connectivity index (χ3n) is 3.12. The number of hydrogen-bond acceptors (Lipinski definition) is 3. The Kier molecular flexibility index (Phi) is 4.90. The second-order valence-electron chi connectivity index (χ2n) is 4.91. The summed E-state index contributed by atoms with van der Waals surface area (Å²) < 4.78 is 0. The normalized spacial score (nSPS) is 11.8. The van der Waals surface area contributed by atoms with Gasteiger partial charge in [-0.3, -0.25) is 4.98 Å². The van der Waals surface area contributed by atoms with Crippen LogP contribution in [0.5, 0.6) is 0 Å². The Bertz CT molecular complexity index is 582. The Morgan fingerprint density at radius 3 is 2.57 bits per heavy atom. The van der Waals surface area contributed by atoms with Gasteiger partial charge in [0.2, 0.25) is 0 Å². The van der Waals surface area contributed by atoms with E-state index < -0.39 is 6.10 Å². The second kappa shape index (κ2) is 6.85. The molecule has 0 saturated heterocycles. The van der Waals surface area contributed by atoms with Crippen LogP contribution in [0.4, 0.5) is 10.5 Å². The molecule has 110 valence electrons. The summed E-state index contributed by atoms with van der Waals surface area (Å²) in [6.45, 7) is 2.15. The third kappa shape index (κ3) is 4.29. The molecule has 5 nitrogen and oxygen atoms in total. The average molecular weight is 285 g/mol. The van der Waals surface area contributed by atoms with E-state index in [1.54, 1.807) is 49.3 Å². The van der Waals surface area contributed by atoms with Crippen LogP contribution in [-0.2, 0) is 6.54 Å². The van der Waals surface area contributed by atoms with Crippen molar-refractivity contribution in [3.05, 3.63) is 59.9 Å². The summed E-state index contributed by atoms with van der Waals surface area (Å²) >= 11 is 0. The Morgan fingerprint density at radius 2 is 2.00 bits per heavy atom. The monoisotopic (exact) mass is 285 g/mol. The Morgan fingerprint density at radius 1 is 1.29 bits per heavy atom. The van der Waals surface area contributed by atoms with Gasteiger partial charge in [-0.2, -0.15) is 0 Å². The molecule has 1 atom stereocenters. The van der Waals surface area contributed by atoms with Gasteiger partial charge >= 0.3 is 6.03 Å². The number of anilines is 1. The number of carbonyl (C=O) groups excluding carboxylic acids is 1. The fourth-order valence-electron chi connectivity index (χ4n) is 1.87. The number of amides is 2. The lowest BCUT2D eigenvalue weighted by molar-refractivity contribution is 0.199. The number of nitrogens with zero attached hydrogens (tertiary/aromatic N) is 2. The van der Waals surface area contributed by atoms with Gasteiger partial charge in [-0.1, -0.05) is 18.2 Å². The standard InChI is InChI=1S/C16H19N3O2/c1-12(20)13-6-8-14(9-7-13)18-16(21)19(2)11-15-5-3-4-10-17-15/h3-10,12,20H,11H2,1-2H3,(H,18,21). The van der Waals surface area contributed by atoms with Crippen molar-refractivity contribution in [1.29, 1.82) is 0 Å². The zero-order valence-electron chi connectivity index (χ0n) is 12.2. The fourth-order valence-corrected chi connectivity index (χ4v) is 1.87. The van der Waals surface area contributed by atoms with E-state index in [9.17, 15) is 9.90 Å². The highest BCUT2D eigenvalue weighted by atomic mass is 16.3. The van der Waals surface area contributed by atoms with E-state index in [0.717, 1.165) is 11.3 Å². The van der Waals surface area contributed by atoms with Gasteiger partial charge in [0.1, 0.15) is 0 Å². The van der Waals surface area contributed by atoms with Crippen molar-refractivity contribution in [2.24, 2.45) is 0 Å². The molecule has 2 rings (SSSR count). The molecule has 2 aromatic rings. The lowest BCUT2D eigenvalue weighted by Crippen LogP contribution is -2.31. The van der Waals surface area contributed by atoms with Crippen LogP contribution in [0, 0.1) is 0 Å². The van der Waals surface area contributed by atoms with Crippen LogP contribution in [0.3, 0.4) is 0 Å². The van der Waals surface area contributed by atoms with Gasteiger partial charge in [-0.25, -0.2) is 4.79 Å². The van der Waals surface area contributed by atoms with Gasteiger partial charge in [0.25, 0.3) is 0 Å². The first-order chi connectivity index (χ1) is 10.1. The van der Waals surface area contributed by atoms with Crippen LogP contribution in [-0.4, -0.2) is 28.1 Å². The zero-order valence-corrected chi connectivity index (χ0v) is 12.2. The van der Waals surface area contributed by atoms with Gasteiger partial charge in [-0.15, -0.1) is 0 Å². The SMILES string of the molecule is CC(O)c1ccc(NC(=O)N(C)Cc2ccccn2)cc1. The van der Waals surface area contributed by atoms with E-state index in [2.05, 4.69) is 10.3 Å². The topological polar surface area (TPSA) is 65.5 Å². The van der Waals surface area contributed by atoms with Crippen molar-refractivity contribution < 1.29 is 9.90 Å². The minimum Gasteiger partial charge on any atom is -0.389 e. The van der Waals surface area contributed by atoms with E-state index in [1.165, 1.54) is 0 Å². The highest BCUT2D eigenvalue weighted by molar-refractivity contribution is 5.89. The third-order valence-corrected chi connectivity index (χ3v) is 3.12. The summed E-state index contributed by atoms with van der Waals surface area (Å²) in [5.41, 5.74) is 2.34. The quantitative estimate of drug-likeness (QED) is 0.907. The maximum atomic E-state index is 12.1. The van der Waals surface area contributed by atoms with Crippen molar-refractivity contribution in [1.82, 2.24) is 9.88 Å². The van der Waals surface area contributed by atoms with Crippen LogP contribution >= 0.6 is 0 Å². The first-order valence-electron chi connectivity index (χ1n) is 6.76. The number of hydrogen-bond donors (Lipinski definition) is 2. The highest BCUT2D eigenvalue weighted by Gasteiger charge is 2.10. The number of rotatable bonds is 4. The molecule has 0 aliphatic heterocycles. The predicted octanol–water partition coefficient (Wildman–Crippen LogP) is 2.80. The van der Waals surface area contributed by atoms with Gasteiger partial charge in [0.15, 0.2) is 0 Å². The molecule has 2 amide bonds. The largest absolute Gasteiger partial charge is 0.389 e. The molecule has 1 aromatic carbocycles. The highest BCUT2D eigenvalue weighted by Crippen LogP contribution is 2.16. The van der Waals surface area contributed by atoms with E-state index in [1.807, 2.05) is 18.2 Å². The first-order valence-corrected chi connectivity index (χ1v) is 6.76. The molecule has 1 aromatic heterocycles. The molecule has 0 saturated carbocycles. The lowest BCUT2D eigenvalue weighted by Gasteiger charge is -2.17. The van der Waals surface area contributed by atoms with Gasteiger partial charge in [0.05, 0.1) is 18.3 Å². The Hall–Kier alpha value is -2.40. The van der Waals surface area contributed by atoms with Crippen LogP contribution in [0.25, 0.3) is 0 Å². The van der Waals surface area contributed by atoms with E-state index in [4.69, 9.17) is 0 Å². The van der Waals surface area contributed by atoms with Gasteiger partial charge < -0.3 is 15.3 Å². The van der Waals surface area contributed by atoms with Crippen molar-refractivity contribution in [3.8, 4) is 0 Å². The number of aliphatic hydroxyl groups excluding tert-OH is 1.